The molecule has 0 atom stereocenters. The van der Waals surface area contributed by atoms with Gasteiger partial charge in [0.2, 0.25) is 0 Å². The van der Waals surface area contributed by atoms with Crippen LogP contribution in [0.4, 0.5) is 0 Å². The summed E-state index contributed by atoms with van der Waals surface area (Å²) in [4.78, 5) is 32.6. The molecule has 0 heterocycles. The Bertz CT molecular complexity index is 207. The van der Waals surface area contributed by atoms with Gasteiger partial charge < -0.3 is 28.6 Å². The van der Waals surface area contributed by atoms with Crippen LogP contribution in [-0.2, 0) is 18.2 Å². The van der Waals surface area contributed by atoms with E-state index in [0.717, 1.165) is 6.42 Å². The van der Waals surface area contributed by atoms with Crippen molar-refractivity contribution in [3.8, 4) is 0 Å². The second kappa shape index (κ2) is 7.15. The fourth-order valence-corrected chi connectivity index (χ4v) is 0.947. The fraction of sp³-hybridized carbons (Fsp3) is 0.667. The van der Waals surface area contributed by atoms with E-state index in [2.05, 4.69) is 9.05 Å². The standard InChI is InChI=1S/C3H9O8P2.Li/c4-12(5,6)10-2-1-3-11-13(7,8)9;/h1H,2-3H2,(H2,4,5,6)(H2,7,8,9);/q-1;+1. The van der Waals surface area contributed by atoms with E-state index in [-0.39, 0.29) is 18.9 Å². The summed E-state index contributed by atoms with van der Waals surface area (Å²) in [5.41, 5.74) is 0. The zero-order valence-corrected chi connectivity index (χ0v) is 9.10. The number of hydrogen-bond acceptors (Lipinski definition) is 4. The topological polar surface area (TPSA) is 134 Å². The van der Waals surface area contributed by atoms with Crippen LogP contribution in [0.1, 0.15) is 0 Å². The van der Waals surface area contributed by atoms with Gasteiger partial charge in [0.25, 0.3) is 0 Å². The SMILES string of the molecule is O=P(O)(O)OC[CH-]COP(=O)(O)O.[Li+]. The normalized spacial score (nSPS) is 12.3. The Kier molecular flexibility index (Phi) is 8.79. The summed E-state index contributed by atoms with van der Waals surface area (Å²) in [5.74, 6) is 0. The molecule has 0 aliphatic rings. The quantitative estimate of drug-likeness (QED) is 0.162. The van der Waals surface area contributed by atoms with Gasteiger partial charge in [0.05, 0.1) is 0 Å². The molecule has 0 unspecified atom stereocenters. The van der Waals surface area contributed by atoms with Gasteiger partial charge in [-0.3, -0.25) is 6.42 Å². The average Bonchev–Trinajstić information content (AvgIpc) is 1.81. The van der Waals surface area contributed by atoms with Crippen LogP contribution < -0.4 is 18.9 Å². The van der Waals surface area contributed by atoms with Crippen LogP contribution in [0.3, 0.4) is 0 Å². The van der Waals surface area contributed by atoms with E-state index in [1.807, 2.05) is 0 Å². The van der Waals surface area contributed by atoms with E-state index >= 15 is 0 Å². The number of phosphoric ester groups is 2. The molecule has 0 bridgehead atoms. The van der Waals surface area contributed by atoms with Crippen molar-refractivity contribution in [2.75, 3.05) is 13.2 Å². The molecule has 14 heavy (non-hydrogen) atoms. The Balaban J connectivity index is 0. The summed E-state index contributed by atoms with van der Waals surface area (Å²) >= 11 is 0. The van der Waals surface area contributed by atoms with Crippen molar-refractivity contribution in [3.63, 3.8) is 0 Å². The van der Waals surface area contributed by atoms with Gasteiger partial charge in [-0.05, 0) is 0 Å². The summed E-state index contributed by atoms with van der Waals surface area (Å²) in [5, 5.41) is 0. The van der Waals surface area contributed by atoms with Crippen molar-refractivity contribution < 1.29 is 56.6 Å². The molecule has 0 radical (unpaired) electrons. The second-order valence-electron chi connectivity index (χ2n) is 1.86. The first kappa shape index (κ1) is 17.2. The smallest absolute Gasteiger partial charge is 0.320 e. The number of hydrogen-bond donors (Lipinski definition) is 4. The van der Waals surface area contributed by atoms with Gasteiger partial charge in [0.1, 0.15) is 0 Å². The van der Waals surface area contributed by atoms with E-state index in [1.165, 1.54) is 0 Å². The molecule has 0 saturated heterocycles. The van der Waals surface area contributed by atoms with E-state index in [9.17, 15) is 9.13 Å². The molecule has 0 saturated carbocycles. The molecular weight excluding hydrogens is 233 g/mol. The minimum atomic E-state index is -4.53. The summed E-state index contributed by atoms with van der Waals surface area (Å²) in [6.07, 6.45) is 1.03. The van der Waals surface area contributed by atoms with Crippen LogP contribution in [-0.4, -0.2) is 32.8 Å². The van der Waals surface area contributed by atoms with E-state index in [0.29, 0.717) is 0 Å². The van der Waals surface area contributed by atoms with Crippen molar-refractivity contribution in [3.05, 3.63) is 6.42 Å². The summed E-state index contributed by atoms with van der Waals surface area (Å²) in [6, 6.07) is 0. The van der Waals surface area contributed by atoms with Crippen molar-refractivity contribution >= 4 is 15.6 Å². The molecule has 0 fully saturated rings. The zero-order valence-electron chi connectivity index (χ0n) is 7.31. The first-order valence-electron chi connectivity index (χ1n) is 2.92. The van der Waals surface area contributed by atoms with Crippen LogP contribution in [0.15, 0.2) is 0 Å². The summed E-state index contributed by atoms with van der Waals surface area (Å²) in [7, 11) is -9.05. The minimum Gasteiger partial charge on any atom is -0.320 e. The molecule has 0 aliphatic heterocycles. The van der Waals surface area contributed by atoms with Gasteiger partial charge in [-0.1, -0.05) is 13.2 Å². The molecule has 0 spiro atoms. The second-order valence-corrected chi connectivity index (χ2v) is 4.34. The predicted molar refractivity (Wildman–Crippen MR) is 40.3 cm³/mol. The molecular formula is C3H9LiO8P2. The molecule has 4 N–H and O–H groups in total. The molecule has 0 aromatic rings. The van der Waals surface area contributed by atoms with E-state index in [1.54, 1.807) is 0 Å². The summed E-state index contributed by atoms with van der Waals surface area (Å²) in [6.45, 7) is -0.908. The summed E-state index contributed by atoms with van der Waals surface area (Å²) < 4.78 is 27.9. The molecule has 80 valence electrons. The van der Waals surface area contributed by atoms with Gasteiger partial charge in [-0.15, -0.1) is 0 Å². The molecule has 0 aromatic heterocycles. The molecule has 0 aromatic carbocycles. The Morgan fingerprint density at radius 2 is 1.21 bits per heavy atom. The monoisotopic (exact) mass is 242 g/mol. The maximum atomic E-state index is 10.0. The van der Waals surface area contributed by atoms with Gasteiger partial charge in [-0.2, -0.15) is 0 Å². The first-order valence-corrected chi connectivity index (χ1v) is 5.98. The van der Waals surface area contributed by atoms with Crippen molar-refractivity contribution in [1.82, 2.24) is 0 Å². The average molecular weight is 242 g/mol. The van der Waals surface area contributed by atoms with E-state index in [4.69, 9.17) is 19.6 Å². The third kappa shape index (κ3) is 15.3. The third-order valence-corrected chi connectivity index (χ3v) is 1.69. The number of rotatable bonds is 6. The first-order chi connectivity index (χ1) is 5.71. The maximum Gasteiger partial charge on any atom is 1.00 e. The van der Waals surface area contributed by atoms with Crippen molar-refractivity contribution in [2.45, 2.75) is 0 Å². The Labute approximate surface area is 92.3 Å². The molecule has 11 heteroatoms. The van der Waals surface area contributed by atoms with Crippen molar-refractivity contribution in [2.24, 2.45) is 0 Å². The predicted octanol–water partition coefficient (Wildman–Crippen LogP) is -3.59. The fourth-order valence-electron chi connectivity index (χ4n) is 0.348. The van der Waals surface area contributed by atoms with Gasteiger partial charge in [-0.25, -0.2) is 9.13 Å². The third-order valence-electron chi connectivity index (χ3n) is 0.721. The van der Waals surface area contributed by atoms with Crippen LogP contribution >= 0.6 is 15.6 Å². The van der Waals surface area contributed by atoms with Gasteiger partial charge in [0, 0.05) is 0 Å². The maximum absolute atomic E-state index is 10.0. The molecule has 0 amide bonds. The molecule has 8 nitrogen and oxygen atoms in total. The Morgan fingerprint density at radius 3 is 1.43 bits per heavy atom. The Hall–Kier alpha value is 0.817. The van der Waals surface area contributed by atoms with Crippen LogP contribution in [0.2, 0.25) is 0 Å². The molecule has 0 aliphatic carbocycles. The number of phosphoric acid groups is 2. The Morgan fingerprint density at radius 1 is 0.929 bits per heavy atom. The van der Waals surface area contributed by atoms with Gasteiger partial charge in [0.15, 0.2) is 0 Å². The van der Waals surface area contributed by atoms with E-state index < -0.39 is 28.9 Å². The zero-order chi connectivity index (χ0) is 10.5. The largest absolute Gasteiger partial charge is 1.00 e. The van der Waals surface area contributed by atoms with Crippen molar-refractivity contribution in [1.29, 1.82) is 0 Å². The molecule has 0 rings (SSSR count). The van der Waals surface area contributed by atoms with Crippen LogP contribution in [0.25, 0.3) is 0 Å². The van der Waals surface area contributed by atoms with Crippen LogP contribution in [0, 0.1) is 6.42 Å². The van der Waals surface area contributed by atoms with Gasteiger partial charge >= 0.3 is 34.5 Å². The van der Waals surface area contributed by atoms with Crippen LogP contribution in [0.5, 0.6) is 0 Å². The minimum absolute atomic E-state index is 0.